The van der Waals surface area contributed by atoms with Crippen molar-refractivity contribution in [3.63, 3.8) is 0 Å². The van der Waals surface area contributed by atoms with E-state index in [0.29, 0.717) is 19.6 Å². The van der Waals surface area contributed by atoms with Crippen LogP contribution in [0.1, 0.15) is 38.3 Å². The summed E-state index contributed by atoms with van der Waals surface area (Å²) in [6, 6.07) is 8.31. The number of amides is 2. The van der Waals surface area contributed by atoms with E-state index in [4.69, 9.17) is 0 Å². The van der Waals surface area contributed by atoms with E-state index in [1.807, 2.05) is 32.9 Å². The highest BCUT2D eigenvalue weighted by Crippen LogP contribution is 2.06. The summed E-state index contributed by atoms with van der Waals surface area (Å²) >= 11 is 0. The van der Waals surface area contributed by atoms with E-state index in [2.05, 4.69) is 29.7 Å². The van der Waals surface area contributed by atoms with E-state index in [9.17, 15) is 9.59 Å². The Kier molecular flexibility index (Phi) is 8.45. The maximum Gasteiger partial charge on any atom is 0.275 e. The molecule has 2 rings (SSSR count). The standard InChI is InChI=1S/C22H36N4O2/c1-18-8-5-6-9-19(18)10-11-23-20(27)16-25-12-7-13-26(15-14-25)17-21(28)24-22(2,3)4/h5-6,8-9H,7,10-17H2,1-4H3,(H,23,27)(H,24,28)/p+2. The van der Waals surface area contributed by atoms with Gasteiger partial charge in [-0.1, -0.05) is 24.3 Å². The second-order valence-corrected chi connectivity index (χ2v) is 9.03. The van der Waals surface area contributed by atoms with Crippen LogP contribution in [0.3, 0.4) is 0 Å². The zero-order valence-corrected chi connectivity index (χ0v) is 18.0. The quantitative estimate of drug-likeness (QED) is 0.470. The van der Waals surface area contributed by atoms with Crippen molar-refractivity contribution in [1.29, 1.82) is 0 Å². The molecule has 1 aliphatic heterocycles. The molecular formula is C22H38N4O2+2. The summed E-state index contributed by atoms with van der Waals surface area (Å²) in [4.78, 5) is 27.1. The first kappa shape index (κ1) is 22.4. The Bertz CT molecular complexity index is 654. The van der Waals surface area contributed by atoms with Gasteiger partial charge in [0.1, 0.15) is 13.1 Å². The van der Waals surface area contributed by atoms with Crippen LogP contribution in [0.4, 0.5) is 0 Å². The fourth-order valence-electron chi connectivity index (χ4n) is 3.75. The van der Waals surface area contributed by atoms with Crippen molar-refractivity contribution in [3.05, 3.63) is 35.4 Å². The number of carbonyl (C=O) groups is 2. The van der Waals surface area contributed by atoms with Crippen molar-refractivity contribution in [1.82, 2.24) is 10.6 Å². The van der Waals surface area contributed by atoms with Gasteiger partial charge in [-0.25, -0.2) is 0 Å². The van der Waals surface area contributed by atoms with E-state index in [0.717, 1.165) is 39.0 Å². The van der Waals surface area contributed by atoms with E-state index < -0.39 is 0 Å². The molecule has 1 aromatic rings. The first-order chi connectivity index (χ1) is 13.2. The minimum absolute atomic E-state index is 0.111. The number of rotatable bonds is 7. The lowest BCUT2D eigenvalue weighted by Gasteiger charge is -2.22. The molecule has 1 aliphatic rings. The molecule has 0 spiro atoms. The molecule has 2 amide bonds. The van der Waals surface area contributed by atoms with Crippen LogP contribution in [0.15, 0.2) is 24.3 Å². The van der Waals surface area contributed by atoms with Crippen LogP contribution in [-0.4, -0.2) is 63.2 Å². The van der Waals surface area contributed by atoms with Crippen molar-refractivity contribution < 1.29 is 19.4 Å². The lowest BCUT2D eigenvalue weighted by atomic mass is 10.1. The van der Waals surface area contributed by atoms with Crippen LogP contribution in [0.5, 0.6) is 0 Å². The Morgan fingerprint density at radius 2 is 1.57 bits per heavy atom. The van der Waals surface area contributed by atoms with Crippen molar-refractivity contribution in [2.24, 2.45) is 0 Å². The highest BCUT2D eigenvalue weighted by atomic mass is 16.2. The Morgan fingerprint density at radius 1 is 0.964 bits per heavy atom. The molecular weight excluding hydrogens is 352 g/mol. The van der Waals surface area contributed by atoms with Crippen molar-refractivity contribution >= 4 is 11.8 Å². The molecule has 0 aliphatic carbocycles. The molecule has 1 heterocycles. The summed E-state index contributed by atoms with van der Waals surface area (Å²) < 4.78 is 0. The molecule has 1 aromatic carbocycles. The van der Waals surface area contributed by atoms with Gasteiger partial charge in [0.25, 0.3) is 11.8 Å². The Hall–Kier alpha value is -1.92. The molecule has 4 N–H and O–H groups in total. The lowest BCUT2D eigenvalue weighted by Crippen LogP contribution is -3.18. The summed E-state index contributed by atoms with van der Waals surface area (Å²) in [7, 11) is 0. The monoisotopic (exact) mass is 390 g/mol. The number of aryl methyl sites for hydroxylation is 1. The van der Waals surface area contributed by atoms with Gasteiger partial charge in [-0.2, -0.15) is 0 Å². The SMILES string of the molecule is Cc1ccccc1CCNC(=O)C[NH+]1CCC[NH+](CC(=O)NC(C)(C)C)CC1. The normalized spacial score (nSPS) is 20.3. The summed E-state index contributed by atoms with van der Waals surface area (Å²) in [5.74, 6) is 0.234. The van der Waals surface area contributed by atoms with Crippen molar-refractivity contribution in [2.45, 2.75) is 46.1 Å². The number of benzene rings is 1. The predicted molar refractivity (Wildman–Crippen MR) is 112 cm³/mol. The molecule has 1 saturated heterocycles. The lowest BCUT2D eigenvalue weighted by molar-refractivity contribution is -0.930. The van der Waals surface area contributed by atoms with Gasteiger partial charge in [0.05, 0.1) is 13.1 Å². The largest absolute Gasteiger partial charge is 0.351 e. The van der Waals surface area contributed by atoms with Gasteiger partial charge in [-0.15, -0.1) is 0 Å². The van der Waals surface area contributed by atoms with Gasteiger partial charge < -0.3 is 20.4 Å². The molecule has 0 saturated carbocycles. The second-order valence-electron chi connectivity index (χ2n) is 9.03. The van der Waals surface area contributed by atoms with Gasteiger partial charge in [-0.3, -0.25) is 9.59 Å². The highest BCUT2D eigenvalue weighted by molar-refractivity contribution is 5.77. The smallest absolute Gasteiger partial charge is 0.275 e. The van der Waals surface area contributed by atoms with Crippen LogP contribution in [-0.2, 0) is 16.0 Å². The van der Waals surface area contributed by atoms with E-state index >= 15 is 0 Å². The van der Waals surface area contributed by atoms with Gasteiger partial charge in [0.2, 0.25) is 0 Å². The van der Waals surface area contributed by atoms with Crippen LogP contribution in [0, 0.1) is 6.92 Å². The van der Waals surface area contributed by atoms with Crippen LogP contribution >= 0.6 is 0 Å². The summed E-state index contributed by atoms with van der Waals surface area (Å²) in [6.45, 7) is 13.7. The average Bonchev–Trinajstić information content (AvgIpc) is 2.80. The second kappa shape index (κ2) is 10.6. The van der Waals surface area contributed by atoms with Crippen molar-refractivity contribution in [3.8, 4) is 0 Å². The third-order valence-corrected chi connectivity index (χ3v) is 5.21. The van der Waals surface area contributed by atoms with Crippen LogP contribution in [0.2, 0.25) is 0 Å². The Balaban J connectivity index is 1.68. The minimum atomic E-state index is -0.184. The maximum atomic E-state index is 12.3. The number of hydrogen-bond acceptors (Lipinski definition) is 2. The molecule has 0 radical (unpaired) electrons. The van der Waals surface area contributed by atoms with E-state index in [1.165, 1.54) is 20.9 Å². The zero-order chi connectivity index (χ0) is 20.6. The Morgan fingerprint density at radius 3 is 2.18 bits per heavy atom. The number of nitrogens with one attached hydrogen (secondary N) is 4. The predicted octanol–water partition coefficient (Wildman–Crippen LogP) is -1.26. The fourth-order valence-corrected chi connectivity index (χ4v) is 3.75. The van der Waals surface area contributed by atoms with Gasteiger partial charge in [0, 0.05) is 18.5 Å². The zero-order valence-electron chi connectivity index (χ0n) is 18.0. The summed E-state index contributed by atoms with van der Waals surface area (Å²) in [6.07, 6.45) is 1.92. The average molecular weight is 391 g/mol. The summed E-state index contributed by atoms with van der Waals surface area (Å²) in [5, 5.41) is 6.10. The molecule has 2 unspecified atom stereocenters. The molecule has 1 fully saturated rings. The van der Waals surface area contributed by atoms with Crippen LogP contribution < -0.4 is 20.4 Å². The van der Waals surface area contributed by atoms with E-state index in [1.54, 1.807) is 0 Å². The first-order valence-electron chi connectivity index (χ1n) is 10.5. The molecule has 2 atom stereocenters. The highest BCUT2D eigenvalue weighted by Gasteiger charge is 2.25. The minimum Gasteiger partial charge on any atom is -0.351 e. The molecule has 6 heteroatoms. The third-order valence-electron chi connectivity index (χ3n) is 5.21. The molecule has 0 aromatic heterocycles. The first-order valence-corrected chi connectivity index (χ1v) is 10.5. The number of hydrogen-bond donors (Lipinski definition) is 4. The van der Waals surface area contributed by atoms with Gasteiger partial charge in [-0.05, 0) is 45.2 Å². The third kappa shape index (κ3) is 8.40. The molecule has 28 heavy (non-hydrogen) atoms. The van der Waals surface area contributed by atoms with Crippen LogP contribution in [0.25, 0.3) is 0 Å². The molecule has 0 bridgehead atoms. The number of quaternary nitrogens is 2. The van der Waals surface area contributed by atoms with Crippen molar-refractivity contribution in [2.75, 3.05) is 45.8 Å². The van der Waals surface area contributed by atoms with Gasteiger partial charge >= 0.3 is 0 Å². The Labute approximate surface area is 169 Å². The van der Waals surface area contributed by atoms with Gasteiger partial charge in [0.15, 0.2) is 13.1 Å². The topological polar surface area (TPSA) is 67.1 Å². The number of carbonyl (C=O) groups excluding carboxylic acids is 2. The molecule has 6 nitrogen and oxygen atoms in total. The summed E-state index contributed by atoms with van der Waals surface area (Å²) in [5.41, 5.74) is 2.38. The van der Waals surface area contributed by atoms with E-state index in [-0.39, 0.29) is 17.4 Å². The molecule has 156 valence electrons. The fraction of sp³-hybridized carbons (Fsp3) is 0.636. The maximum absolute atomic E-state index is 12.3.